The average Bonchev–Trinajstić information content (AvgIpc) is 2.60. The number of amides is 2. The minimum atomic E-state index is -0.162. The lowest BCUT2D eigenvalue weighted by atomic mass is 9.97. The van der Waals surface area contributed by atoms with Gasteiger partial charge in [-0.15, -0.1) is 0 Å². The highest BCUT2D eigenvalue weighted by Crippen LogP contribution is 2.25. The summed E-state index contributed by atoms with van der Waals surface area (Å²) in [7, 11) is 3.35. The van der Waals surface area contributed by atoms with E-state index < -0.39 is 0 Å². The van der Waals surface area contributed by atoms with E-state index in [9.17, 15) is 4.79 Å². The smallest absolute Gasteiger partial charge is 0.317 e. The Morgan fingerprint density at radius 1 is 1.36 bits per heavy atom. The second-order valence-corrected chi connectivity index (χ2v) is 6.71. The van der Waals surface area contributed by atoms with Crippen molar-refractivity contribution in [3.05, 3.63) is 58.9 Å². The zero-order valence-corrected chi connectivity index (χ0v) is 15.7. The number of nitrogens with one attached hydrogen (secondary N) is 1. The third-order valence-corrected chi connectivity index (χ3v) is 4.22. The van der Waals surface area contributed by atoms with Crippen LogP contribution in [0.2, 0.25) is 5.02 Å². The highest BCUT2D eigenvalue weighted by Gasteiger charge is 2.21. The normalized spacial score (nSPS) is 11.9. The number of carbonyl (C=O) groups excluding carboxylic acids is 1. The molecule has 1 aromatic heterocycles. The predicted molar refractivity (Wildman–Crippen MR) is 99.8 cm³/mol. The van der Waals surface area contributed by atoms with Gasteiger partial charge in [-0.05, 0) is 35.7 Å². The molecular formula is C19H24ClN3O2. The maximum atomic E-state index is 12.6. The van der Waals surface area contributed by atoms with E-state index in [2.05, 4.69) is 24.1 Å². The van der Waals surface area contributed by atoms with E-state index in [1.807, 2.05) is 18.2 Å². The lowest BCUT2D eigenvalue weighted by molar-refractivity contribution is 0.198. The highest BCUT2D eigenvalue weighted by atomic mass is 35.5. The van der Waals surface area contributed by atoms with Crippen LogP contribution in [0.4, 0.5) is 4.79 Å². The van der Waals surface area contributed by atoms with Gasteiger partial charge in [0.25, 0.3) is 0 Å². The SMILES string of the molecule is COc1ccc(Cl)cc1CN(C)C(=O)N[C@@H](c1cccnc1)C(C)C. The number of aromatic nitrogens is 1. The van der Waals surface area contributed by atoms with Gasteiger partial charge in [-0.3, -0.25) is 4.98 Å². The van der Waals surface area contributed by atoms with E-state index in [0.29, 0.717) is 17.3 Å². The van der Waals surface area contributed by atoms with Gasteiger partial charge in [-0.25, -0.2) is 4.79 Å². The van der Waals surface area contributed by atoms with Crippen LogP contribution >= 0.6 is 11.6 Å². The Labute approximate surface area is 154 Å². The predicted octanol–water partition coefficient (Wildman–Crippen LogP) is 4.28. The molecule has 0 saturated heterocycles. The molecule has 0 radical (unpaired) electrons. The second kappa shape index (κ2) is 8.72. The first-order valence-electron chi connectivity index (χ1n) is 8.16. The van der Waals surface area contributed by atoms with Gasteiger partial charge in [0.15, 0.2) is 0 Å². The second-order valence-electron chi connectivity index (χ2n) is 6.27. The molecule has 1 aromatic carbocycles. The number of halogens is 1. The number of pyridine rings is 1. The Kier molecular flexibility index (Phi) is 6.65. The molecular weight excluding hydrogens is 338 g/mol. The van der Waals surface area contributed by atoms with E-state index in [4.69, 9.17) is 16.3 Å². The number of methoxy groups -OCH3 is 1. The molecule has 0 saturated carbocycles. The minimum Gasteiger partial charge on any atom is -0.496 e. The van der Waals surface area contributed by atoms with Crippen LogP contribution in [0.3, 0.4) is 0 Å². The highest BCUT2D eigenvalue weighted by molar-refractivity contribution is 6.30. The van der Waals surface area contributed by atoms with Crippen molar-refractivity contribution in [3.8, 4) is 5.75 Å². The molecule has 0 spiro atoms. The van der Waals surface area contributed by atoms with Crippen LogP contribution in [-0.4, -0.2) is 30.1 Å². The van der Waals surface area contributed by atoms with Crippen molar-refractivity contribution in [2.45, 2.75) is 26.4 Å². The number of urea groups is 1. The van der Waals surface area contributed by atoms with Crippen molar-refractivity contribution in [2.75, 3.05) is 14.2 Å². The molecule has 2 amide bonds. The van der Waals surface area contributed by atoms with Crippen molar-refractivity contribution in [1.82, 2.24) is 15.2 Å². The van der Waals surface area contributed by atoms with Gasteiger partial charge >= 0.3 is 6.03 Å². The number of benzene rings is 1. The van der Waals surface area contributed by atoms with E-state index in [1.54, 1.807) is 43.6 Å². The van der Waals surface area contributed by atoms with Gasteiger partial charge in [0.2, 0.25) is 0 Å². The fourth-order valence-corrected chi connectivity index (χ4v) is 2.83. The summed E-state index contributed by atoms with van der Waals surface area (Å²) in [6.45, 7) is 4.53. The van der Waals surface area contributed by atoms with Crippen molar-refractivity contribution in [3.63, 3.8) is 0 Å². The summed E-state index contributed by atoms with van der Waals surface area (Å²) in [6.07, 6.45) is 3.51. The molecule has 0 aliphatic heterocycles. The molecule has 0 unspecified atom stereocenters. The molecule has 6 heteroatoms. The molecule has 25 heavy (non-hydrogen) atoms. The number of hydrogen-bond donors (Lipinski definition) is 1. The summed E-state index contributed by atoms with van der Waals surface area (Å²) in [4.78, 5) is 18.4. The maximum Gasteiger partial charge on any atom is 0.317 e. The van der Waals surface area contributed by atoms with E-state index in [0.717, 1.165) is 11.1 Å². The van der Waals surface area contributed by atoms with Crippen LogP contribution in [0, 0.1) is 5.92 Å². The van der Waals surface area contributed by atoms with Gasteiger partial charge < -0.3 is 15.0 Å². The minimum absolute atomic E-state index is 0.107. The summed E-state index contributed by atoms with van der Waals surface area (Å²) in [6, 6.07) is 8.95. The molecule has 1 N–H and O–H groups in total. The van der Waals surface area contributed by atoms with E-state index in [1.165, 1.54) is 0 Å². The van der Waals surface area contributed by atoms with E-state index >= 15 is 0 Å². The van der Waals surface area contributed by atoms with Crippen molar-refractivity contribution >= 4 is 17.6 Å². The molecule has 134 valence electrons. The van der Waals surface area contributed by atoms with Crippen LogP contribution in [0.1, 0.15) is 31.0 Å². The molecule has 2 rings (SSSR count). The first kappa shape index (κ1) is 19.1. The number of ether oxygens (including phenoxy) is 1. The van der Waals surface area contributed by atoms with Gasteiger partial charge in [0.05, 0.1) is 19.7 Å². The van der Waals surface area contributed by atoms with Crippen molar-refractivity contribution < 1.29 is 9.53 Å². The summed E-state index contributed by atoms with van der Waals surface area (Å²) < 4.78 is 5.34. The monoisotopic (exact) mass is 361 g/mol. The molecule has 1 atom stereocenters. The molecule has 2 aromatic rings. The molecule has 5 nitrogen and oxygen atoms in total. The summed E-state index contributed by atoms with van der Waals surface area (Å²) in [5, 5.41) is 3.69. The lowest BCUT2D eigenvalue weighted by Gasteiger charge is -2.26. The van der Waals surface area contributed by atoms with Gasteiger partial charge in [-0.1, -0.05) is 31.5 Å². The number of nitrogens with zero attached hydrogens (tertiary/aromatic N) is 2. The topological polar surface area (TPSA) is 54.5 Å². The Balaban J connectivity index is 2.10. The Morgan fingerprint density at radius 3 is 2.72 bits per heavy atom. The number of hydrogen-bond acceptors (Lipinski definition) is 3. The summed E-state index contributed by atoms with van der Waals surface area (Å²) in [5.41, 5.74) is 1.84. The summed E-state index contributed by atoms with van der Waals surface area (Å²) in [5.74, 6) is 0.943. The first-order valence-corrected chi connectivity index (χ1v) is 8.54. The largest absolute Gasteiger partial charge is 0.496 e. The zero-order valence-electron chi connectivity index (χ0n) is 15.0. The third-order valence-electron chi connectivity index (χ3n) is 3.99. The van der Waals surface area contributed by atoms with Gasteiger partial charge in [-0.2, -0.15) is 0 Å². The Hall–Kier alpha value is -2.27. The van der Waals surface area contributed by atoms with Crippen molar-refractivity contribution in [2.24, 2.45) is 5.92 Å². The van der Waals surface area contributed by atoms with Gasteiger partial charge in [0, 0.05) is 30.0 Å². The number of carbonyl (C=O) groups is 1. The lowest BCUT2D eigenvalue weighted by Crippen LogP contribution is -2.40. The Bertz CT molecular complexity index is 707. The molecule has 0 fully saturated rings. The number of rotatable bonds is 6. The Morgan fingerprint density at radius 2 is 2.12 bits per heavy atom. The standard InChI is InChI=1S/C19H24ClN3O2/c1-13(2)18(14-6-5-9-21-11-14)22-19(24)23(3)12-15-10-16(20)7-8-17(15)25-4/h5-11,13,18H,12H2,1-4H3,(H,22,24)/t18-/m1/s1. The van der Waals surface area contributed by atoms with Crippen LogP contribution in [0.5, 0.6) is 5.75 Å². The fourth-order valence-electron chi connectivity index (χ4n) is 2.64. The van der Waals surface area contributed by atoms with Crippen LogP contribution in [-0.2, 0) is 6.54 Å². The molecule has 0 bridgehead atoms. The van der Waals surface area contributed by atoms with Crippen LogP contribution < -0.4 is 10.1 Å². The molecule has 1 heterocycles. The van der Waals surface area contributed by atoms with E-state index in [-0.39, 0.29) is 18.0 Å². The maximum absolute atomic E-state index is 12.6. The van der Waals surface area contributed by atoms with Crippen molar-refractivity contribution in [1.29, 1.82) is 0 Å². The quantitative estimate of drug-likeness (QED) is 0.835. The fraction of sp³-hybridized carbons (Fsp3) is 0.368. The van der Waals surface area contributed by atoms with Crippen LogP contribution in [0.15, 0.2) is 42.7 Å². The third kappa shape index (κ3) is 5.10. The van der Waals surface area contributed by atoms with Gasteiger partial charge in [0.1, 0.15) is 5.75 Å². The summed E-state index contributed by atoms with van der Waals surface area (Å²) >= 11 is 6.06. The average molecular weight is 362 g/mol. The zero-order chi connectivity index (χ0) is 18.4. The first-order chi connectivity index (χ1) is 11.9. The van der Waals surface area contributed by atoms with Crippen LogP contribution in [0.25, 0.3) is 0 Å². The molecule has 0 aliphatic carbocycles. The molecule has 0 aliphatic rings.